The zero-order chi connectivity index (χ0) is 25.4. The molecule has 1 aromatic heterocycles. The van der Waals surface area contributed by atoms with Crippen molar-refractivity contribution in [1.29, 1.82) is 0 Å². The topological polar surface area (TPSA) is 57.8 Å². The van der Waals surface area contributed by atoms with Crippen molar-refractivity contribution in [1.82, 2.24) is 14.8 Å². The second-order valence-electron chi connectivity index (χ2n) is 9.56. The first kappa shape index (κ1) is 24.2. The first-order chi connectivity index (χ1) is 18.0. The number of ether oxygens (including phenoxy) is 2. The van der Waals surface area contributed by atoms with E-state index in [9.17, 15) is 4.79 Å². The van der Waals surface area contributed by atoms with Gasteiger partial charge in [0.1, 0.15) is 0 Å². The average Bonchev–Trinajstić information content (AvgIpc) is 3.56. The number of benzene rings is 3. The van der Waals surface area contributed by atoms with Gasteiger partial charge in [-0.3, -0.25) is 9.69 Å². The van der Waals surface area contributed by atoms with Gasteiger partial charge in [0.15, 0.2) is 11.5 Å². The lowest BCUT2D eigenvalue weighted by atomic mass is 9.87. The third-order valence-corrected chi connectivity index (χ3v) is 8.03. The lowest BCUT2D eigenvalue weighted by Crippen LogP contribution is -2.48. The Morgan fingerprint density at radius 3 is 2.57 bits per heavy atom. The minimum absolute atomic E-state index is 0.134. The molecule has 0 spiro atoms. The Kier molecular flexibility index (Phi) is 6.72. The van der Waals surface area contributed by atoms with Gasteiger partial charge in [-0.1, -0.05) is 53.5 Å². The Balaban J connectivity index is 1.16. The van der Waals surface area contributed by atoms with Gasteiger partial charge in [0.25, 0.3) is 0 Å². The summed E-state index contributed by atoms with van der Waals surface area (Å²) >= 11 is 12.6. The van der Waals surface area contributed by atoms with E-state index in [4.69, 9.17) is 32.7 Å². The largest absolute Gasteiger partial charge is 0.454 e. The summed E-state index contributed by atoms with van der Waals surface area (Å²) in [6.07, 6.45) is 2.37. The third-order valence-electron chi connectivity index (χ3n) is 7.29. The Morgan fingerprint density at radius 2 is 1.73 bits per heavy atom. The highest BCUT2D eigenvalue weighted by atomic mass is 35.5. The Hall–Kier alpha value is -3.19. The maximum atomic E-state index is 13.6. The molecule has 3 heterocycles. The van der Waals surface area contributed by atoms with Crippen molar-refractivity contribution in [2.45, 2.75) is 18.9 Å². The van der Waals surface area contributed by atoms with Crippen molar-refractivity contribution in [3.8, 4) is 11.5 Å². The number of nitrogens with zero attached hydrogens (tertiary/aromatic N) is 2. The van der Waals surface area contributed by atoms with Crippen molar-refractivity contribution >= 4 is 40.0 Å². The lowest BCUT2D eigenvalue weighted by Gasteiger charge is -2.35. The van der Waals surface area contributed by atoms with Gasteiger partial charge in [0.05, 0.1) is 10.0 Å². The van der Waals surface area contributed by atoms with Crippen molar-refractivity contribution in [2.24, 2.45) is 0 Å². The summed E-state index contributed by atoms with van der Waals surface area (Å²) in [6.45, 7) is 4.15. The highest BCUT2D eigenvalue weighted by Gasteiger charge is 2.27. The van der Waals surface area contributed by atoms with Gasteiger partial charge in [-0.15, -0.1) is 0 Å². The van der Waals surface area contributed by atoms with Crippen LogP contribution in [0.2, 0.25) is 10.0 Å². The number of amides is 1. The van der Waals surface area contributed by atoms with Crippen LogP contribution in [0.1, 0.15) is 29.0 Å². The van der Waals surface area contributed by atoms with Crippen LogP contribution in [0.15, 0.2) is 66.9 Å². The summed E-state index contributed by atoms with van der Waals surface area (Å²) in [6, 6.07) is 19.9. The number of piperazine rings is 1. The molecule has 6 rings (SSSR count). The van der Waals surface area contributed by atoms with E-state index in [-0.39, 0.29) is 18.6 Å². The second-order valence-corrected chi connectivity index (χ2v) is 10.4. The number of hydrogen-bond donors (Lipinski definition) is 1. The van der Waals surface area contributed by atoms with Crippen LogP contribution in [0.4, 0.5) is 0 Å². The summed E-state index contributed by atoms with van der Waals surface area (Å²) in [5.41, 5.74) is 4.30. The van der Waals surface area contributed by atoms with Gasteiger partial charge in [0, 0.05) is 62.2 Å². The fraction of sp³-hybridized carbons (Fsp3) is 0.276. The SMILES string of the molecule is O=C(CC(c1ccc(Cl)c(Cl)c1)c1c[nH]c2ccccc12)N1CCN(Cc2ccc3c(c2)OCO3)CC1. The molecule has 0 saturated carbocycles. The van der Waals surface area contributed by atoms with E-state index >= 15 is 0 Å². The number of carbonyl (C=O) groups excluding carboxylic acids is 1. The van der Waals surface area contributed by atoms with E-state index in [1.807, 2.05) is 53.6 Å². The predicted molar refractivity (Wildman–Crippen MR) is 146 cm³/mol. The van der Waals surface area contributed by atoms with Gasteiger partial charge in [0.2, 0.25) is 12.7 Å². The minimum atomic E-state index is -0.134. The summed E-state index contributed by atoms with van der Waals surface area (Å²) in [4.78, 5) is 21.3. The van der Waals surface area contributed by atoms with Crippen LogP contribution in [0, 0.1) is 0 Å². The van der Waals surface area contributed by atoms with Crippen LogP contribution in [0.3, 0.4) is 0 Å². The molecule has 0 aliphatic carbocycles. The number of aromatic nitrogens is 1. The fourth-order valence-corrected chi connectivity index (χ4v) is 5.58. The molecule has 1 amide bonds. The molecular weight excluding hydrogens is 509 g/mol. The normalized spacial score (nSPS) is 16.3. The maximum Gasteiger partial charge on any atom is 0.231 e. The number of halogens is 2. The molecule has 8 heteroatoms. The van der Waals surface area contributed by atoms with Gasteiger partial charge < -0.3 is 19.4 Å². The molecule has 1 fully saturated rings. The monoisotopic (exact) mass is 535 g/mol. The standard InChI is InChI=1S/C29H27Cl2N3O3/c30-24-7-6-20(14-25(24)31)22(23-16-32-26-4-2-1-3-21(23)26)15-29(35)34-11-9-33(10-12-34)17-19-5-8-27-28(13-19)37-18-36-27/h1-8,13-14,16,22,32H,9-12,15,17-18H2. The summed E-state index contributed by atoms with van der Waals surface area (Å²) < 4.78 is 10.9. The lowest BCUT2D eigenvalue weighted by molar-refractivity contribution is -0.133. The van der Waals surface area contributed by atoms with E-state index < -0.39 is 0 Å². The van der Waals surface area contributed by atoms with E-state index in [1.165, 1.54) is 5.56 Å². The number of carbonyl (C=O) groups is 1. The van der Waals surface area contributed by atoms with Gasteiger partial charge in [-0.05, 0) is 47.0 Å². The molecule has 1 atom stereocenters. The van der Waals surface area contributed by atoms with Crippen molar-refractivity contribution in [3.63, 3.8) is 0 Å². The summed E-state index contributed by atoms with van der Waals surface area (Å²) in [5, 5.41) is 2.11. The quantitative estimate of drug-likeness (QED) is 0.325. The Bertz CT molecular complexity index is 1450. The number of para-hydroxylation sites is 1. The van der Waals surface area contributed by atoms with E-state index in [0.717, 1.165) is 53.2 Å². The molecular formula is C29H27Cl2N3O3. The first-order valence-corrected chi connectivity index (χ1v) is 13.2. The molecule has 2 aliphatic rings. The number of H-pyrrole nitrogens is 1. The first-order valence-electron chi connectivity index (χ1n) is 12.4. The van der Waals surface area contributed by atoms with Crippen LogP contribution >= 0.6 is 23.2 Å². The van der Waals surface area contributed by atoms with Gasteiger partial charge in [-0.25, -0.2) is 0 Å². The fourth-order valence-electron chi connectivity index (χ4n) is 5.28. The van der Waals surface area contributed by atoms with E-state index in [0.29, 0.717) is 29.6 Å². The van der Waals surface area contributed by atoms with E-state index in [1.54, 1.807) is 6.07 Å². The van der Waals surface area contributed by atoms with Crippen LogP contribution in [-0.2, 0) is 11.3 Å². The van der Waals surface area contributed by atoms with Crippen LogP contribution in [0.25, 0.3) is 10.9 Å². The van der Waals surface area contributed by atoms with Crippen molar-refractivity contribution in [3.05, 3.63) is 93.6 Å². The summed E-state index contributed by atoms with van der Waals surface area (Å²) in [5.74, 6) is 1.61. The second kappa shape index (κ2) is 10.3. The van der Waals surface area contributed by atoms with E-state index in [2.05, 4.69) is 22.0 Å². The zero-order valence-electron chi connectivity index (χ0n) is 20.3. The number of nitrogens with one attached hydrogen (secondary N) is 1. The van der Waals surface area contributed by atoms with Gasteiger partial charge >= 0.3 is 0 Å². The highest BCUT2D eigenvalue weighted by molar-refractivity contribution is 6.42. The van der Waals surface area contributed by atoms with Gasteiger partial charge in [-0.2, -0.15) is 0 Å². The number of aromatic amines is 1. The highest BCUT2D eigenvalue weighted by Crippen LogP contribution is 2.37. The molecule has 3 aromatic carbocycles. The molecule has 4 aromatic rings. The molecule has 1 N–H and O–H groups in total. The molecule has 1 unspecified atom stereocenters. The molecule has 6 nitrogen and oxygen atoms in total. The van der Waals surface area contributed by atoms with Crippen LogP contribution in [-0.4, -0.2) is 53.7 Å². The van der Waals surface area contributed by atoms with Crippen LogP contribution in [0.5, 0.6) is 11.5 Å². The molecule has 37 heavy (non-hydrogen) atoms. The smallest absolute Gasteiger partial charge is 0.231 e. The zero-order valence-corrected chi connectivity index (χ0v) is 21.8. The number of rotatable bonds is 6. The van der Waals surface area contributed by atoms with Crippen molar-refractivity contribution in [2.75, 3.05) is 33.0 Å². The van der Waals surface area contributed by atoms with Crippen LogP contribution < -0.4 is 9.47 Å². The minimum Gasteiger partial charge on any atom is -0.454 e. The molecule has 1 saturated heterocycles. The summed E-state index contributed by atoms with van der Waals surface area (Å²) in [7, 11) is 0. The number of fused-ring (bicyclic) bond motifs is 2. The average molecular weight is 536 g/mol. The maximum absolute atomic E-state index is 13.6. The third kappa shape index (κ3) is 5.01. The predicted octanol–water partition coefficient (Wildman–Crippen LogP) is 6.07. The number of hydrogen-bond acceptors (Lipinski definition) is 4. The molecule has 0 radical (unpaired) electrons. The molecule has 190 valence electrons. The molecule has 2 aliphatic heterocycles. The Morgan fingerprint density at radius 1 is 0.919 bits per heavy atom. The molecule has 0 bridgehead atoms. The van der Waals surface area contributed by atoms with Crippen molar-refractivity contribution < 1.29 is 14.3 Å². The Labute approximate surface area is 225 Å².